The van der Waals surface area contributed by atoms with Crippen LogP contribution in [-0.2, 0) is 19.6 Å². The van der Waals surface area contributed by atoms with E-state index < -0.39 is 28.5 Å². The molecule has 0 radical (unpaired) electrons. The van der Waals surface area contributed by atoms with Crippen LogP contribution in [0.2, 0.25) is 5.02 Å². The van der Waals surface area contributed by atoms with Gasteiger partial charge in [-0.2, -0.15) is 0 Å². The van der Waals surface area contributed by atoms with Crippen molar-refractivity contribution in [3.63, 3.8) is 0 Å². The van der Waals surface area contributed by atoms with Crippen LogP contribution in [0.5, 0.6) is 0 Å². The summed E-state index contributed by atoms with van der Waals surface area (Å²) in [5, 5.41) is 14.0. The first kappa shape index (κ1) is 19.9. The molecule has 7 nitrogen and oxygen atoms in total. The van der Waals surface area contributed by atoms with E-state index in [-0.39, 0.29) is 10.8 Å². The second-order valence-corrected chi connectivity index (χ2v) is 7.66. The highest BCUT2D eigenvalue weighted by Gasteiger charge is 2.22. The zero-order valence-corrected chi connectivity index (χ0v) is 15.3. The monoisotopic (exact) mass is 395 g/mol. The molecule has 26 heavy (non-hydrogen) atoms. The van der Waals surface area contributed by atoms with Crippen molar-refractivity contribution >= 4 is 39.2 Å². The number of anilines is 1. The fraction of sp³-hybridized carbons (Fsp3) is 0.176. The van der Waals surface area contributed by atoms with Crippen molar-refractivity contribution in [1.82, 2.24) is 4.72 Å². The van der Waals surface area contributed by atoms with Gasteiger partial charge in [0.2, 0.25) is 15.9 Å². The van der Waals surface area contributed by atoms with Crippen LogP contribution >= 0.6 is 11.6 Å². The smallest absolute Gasteiger partial charge is 0.241 e. The van der Waals surface area contributed by atoms with Gasteiger partial charge in [-0.15, -0.1) is 0 Å². The Morgan fingerprint density at radius 3 is 2.15 bits per heavy atom. The number of sulfonamides is 1. The van der Waals surface area contributed by atoms with Gasteiger partial charge in [-0.3, -0.25) is 4.79 Å². The van der Waals surface area contributed by atoms with E-state index in [0.29, 0.717) is 16.3 Å². The molecule has 2 aromatic rings. The van der Waals surface area contributed by atoms with Gasteiger partial charge in [-0.05, 0) is 42.0 Å². The molecule has 0 saturated carbocycles. The Balaban J connectivity index is 2.26. The number of carbonyl (C=O) groups is 2. The lowest BCUT2D eigenvalue weighted by molar-refractivity contribution is -0.306. The fourth-order valence-corrected chi connectivity index (χ4v) is 3.62. The van der Waals surface area contributed by atoms with Gasteiger partial charge < -0.3 is 15.2 Å². The van der Waals surface area contributed by atoms with Crippen molar-refractivity contribution in [2.75, 3.05) is 5.32 Å². The highest BCUT2D eigenvalue weighted by molar-refractivity contribution is 7.89. The number of hydrogen-bond donors (Lipinski definition) is 2. The average molecular weight is 396 g/mol. The molecule has 0 aliphatic rings. The van der Waals surface area contributed by atoms with E-state index in [0.717, 1.165) is 0 Å². The average Bonchev–Trinajstić information content (AvgIpc) is 2.54. The molecule has 138 valence electrons. The molecule has 1 amide bonds. The number of nitrogens with one attached hydrogen (secondary N) is 2. The van der Waals surface area contributed by atoms with E-state index in [9.17, 15) is 23.1 Å². The van der Waals surface area contributed by atoms with Crippen LogP contribution in [0.25, 0.3) is 0 Å². The van der Waals surface area contributed by atoms with Crippen LogP contribution < -0.4 is 15.1 Å². The molecule has 0 fully saturated rings. The maximum atomic E-state index is 12.6. The van der Waals surface area contributed by atoms with Gasteiger partial charge in [0.1, 0.15) is 0 Å². The van der Waals surface area contributed by atoms with E-state index >= 15 is 0 Å². The topological polar surface area (TPSA) is 115 Å². The SMILES string of the molecule is CC(=O)Nc1ccc(S(=O)(=O)N[C@@H](CC(=O)[O-])c2ccc(Cl)cc2)cc1. The lowest BCUT2D eigenvalue weighted by atomic mass is 10.1. The zero-order chi connectivity index (χ0) is 19.3. The summed E-state index contributed by atoms with van der Waals surface area (Å²) in [5.74, 6) is -1.68. The third kappa shape index (κ3) is 5.55. The van der Waals surface area contributed by atoms with Crippen molar-refractivity contribution in [3.05, 3.63) is 59.1 Å². The van der Waals surface area contributed by atoms with Gasteiger partial charge in [0.15, 0.2) is 0 Å². The number of carboxylic acid groups (broad SMARTS) is 1. The third-order valence-electron chi connectivity index (χ3n) is 3.43. The number of hydrogen-bond acceptors (Lipinski definition) is 5. The van der Waals surface area contributed by atoms with E-state index in [4.69, 9.17) is 11.6 Å². The van der Waals surface area contributed by atoms with Crippen LogP contribution in [0.4, 0.5) is 5.69 Å². The van der Waals surface area contributed by atoms with Gasteiger partial charge in [0.05, 0.1) is 10.9 Å². The summed E-state index contributed by atoms with van der Waals surface area (Å²) in [4.78, 5) is 22.0. The molecule has 0 heterocycles. The second-order valence-electron chi connectivity index (χ2n) is 5.51. The van der Waals surface area contributed by atoms with Crippen LogP contribution in [0, 0.1) is 0 Å². The number of amides is 1. The summed E-state index contributed by atoms with van der Waals surface area (Å²) in [5.41, 5.74) is 0.887. The van der Waals surface area contributed by atoms with Crippen molar-refractivity contribution in [2.45, 2.75) is 24.3 Å². The van der Waals surface area contributed by atoms with Crippen LogP contribution in [-0.4, -0.2) is 20.3 Å². The van der Waals surface area contributed by atoms with Crippen molar-refractivity contribution < 1.29 is 23.1 Å². The Morgan fingerprint density at radius 1 is 1.08 bits per heavy atom. The van der Waals surface area contributed by atoms with Crippen LogP contribution in [0.15, 0.2) is 53.4 Å². The predicted molar refractivity (Wildman–Crippen MR) is 94.9 cm³/mol. The van der Waals surface area contributed by atoms with Gasteiger partial charge in [-0.1, -0.05) is 23.7 Å². The number of carbonyl (C=O) groups excluding carboxylic acids is 2. The van der Waals surface area contributed by atoms with Crippen LogP contribution in [0.1, 0.15) is 24.9 Å². The molecule has 0 unspecified atom stereocenters. The highest BCUT2D eigenvalue weighted by atomic mass is 35.5. The normalized spacial score (nSPS) is 12.4. The number of benzene rings is 2. The standard InChI is InChI=1S/C17H17ClN2O5S/c1-11(21)19-14-6-8-15(9-7-14)26(24,25)20-16(10-17(22)23)12-2-4-13(18)5-3-12/h2-9,16,20H,10H2,1H3,(H,19,21)(H,22,23)/p-1/t16-/m0/s1. The second kappa shape index (κ2) is 8.31. The van der Waals surface area contributed by atoms with Gasteiger partial charge >= 0.3 is 0 Å². The van der Waals surface area contributed by atoms with Gasteiger partial charge in [0, 0.05) is 30.0 Å². The Labute approximate surface area is 156 Å². The number of aliphatic carboxylic acids is 1. The quantitative estimate of drug-likeness (QED) is 0.736. The zero-order valence-electron chi connectivity index (χ0n) is 13.7. The molecule has 0 spiro atoms. The molecule has 9 heteroatoms. The van der Waals surface area contributed by atoms with Crippen LogP contribution in [0.3, 0.4) is 0 Å². The van der Waals surface area contributed by atoms with Crippen molar-refractivity contribution in [3.8, 4) is 0 Å². The number of halogens is 1. The summed E-state index contributed by atoms with van der Waals surface area (Å²) < 4.78 is 27.5. The fourth-order valence-electron chi connectivity index (χ4n) is 2.27. The van der Waals surface area contributed by atoms with E-state index in [2.05, 4.69) is 10.0 Å². The summed E-state index contributed by atoms with van der Waals surface area (Å²) in [6, 6.07) is 10.6. The summed E-state index contributed by atoms with van der Waals surface area (Å²) >= 11 is 5.80. The first-order valence-corrected chi connectivity index (χ1v) is 9.39. The predicted octanol–water partition coefficient (Wildman–Crippen LogP) is 1.46. The van der Waals surface area contributed by atoms with Crippen molar-refractivity contribution in [1.29, 1.82) is 0 Å². The molecule has 0 aromatic heterocycles. The molecule has 0 bridgehead atoms. The van der Waals surface area contributed by atoms with Gasteiger partial charge in [-0.25, -0.2) is 13.1 Å². The highest BCUT2D eigenvalue weighted by Crippen LogP contribution is 2.22. The van der Waals surface area contributed by atoms with E-state index in [1.807, 2.05) is 0 Å². The first-order chi connectivity index (χ1) is 12.2. The maximum Gasteiger partial charge on any atom is 0.241 e. The molecule has 1 atom stereocenters. The molecule has 2 rings (SSSR count). The minimum absolute atomic E-state index is 0.0658. The molecular formula is C17H16ClN2O5S-. The Kier molecular flexibility index (Phi) is 6.36. The molecule has 0 aliphatic carbocycles. The first-order valence-electron chi connectivity index (χ1n) is 7.52. The largest absolute Gasteiger partial charge is 0.550 e. The van der Waals surface area contributed by atoms with E-state index in [1.54, 1.807) is 12.1 Å². The Morgan fingerprint density at radius 2 is 1.65 bits per heavy atom. The summed E-state index contributed by atoms with van der Waals surface area (Å²) in [6.45, 7) is 1.34. The summed E-state index contributed by atoms with van der Waals surface area (Å²) in [6.07, 6.45) is -0.537. The van der Waals surface area contributed by atoms with E-state index in [1.165, 1.54) is 43.3 Å². The number of carboxylic acids is 1. The Bertz CT molecular complexity index is 896. The minimum atomic E-state index is -4.00. The lowest BCUT2D eigenvalue weighted by Crippen LogP contribution is -2.34. The number of rotatable bonds is 7. The Hall–Kier alpha value is -2.42. The van der Waals surface area contributed by atoms with Gasteiger partial charge in [0.25, 0.3) is 0 Å². The molecule has 0 saturated heterocycles. The molecule has 2 N–H and O–H groups in total. The third-order valence-corrected chi connectivity index (χ3v) is 5.17. The van der Waals surface area contributed by atoms with Crippen molar-refractivity contribution in [2.24, 2.45) is 0 Å². The lowest BCUT2D eigenvalue weighted by Gasteiger charge is -2.20. The maximum absolute atomic E-state index is 12.6. The molecule has 2 aromatic carbocycles. The summed E-state index contributed by atoms with van der Waals surface area (Å²) in [7, 11) is -4.00. The molecule has 0 aliphatic heterocycles. The molecular weight excluding hydrogens is 380 g/mol. The minimum Gasteiger partial charge on any atom is -0.550 e.